The van der Waals surface area contributed by atoms with Gasteiger partial charge in [0.1, 0.15) is 17.6 Å². The maximum atomic E-state index is 13.5. The Morgan fingerprint density at radius 1 is 1.31 bits per heavy atom. The molecule has 3 aromatic rings. The van der Waals surface area contributed by atoms with Gasteiger partial charge in [0, 0.05) is 42.3 Å². The summed E-state index contributed by atoms with van der Waals surface area (Å²) in [5.74, 6) is 1.26. The quantitative estimate of drug-likeness (QED) is 0.425. The van der Waals surface area contributed by atoms with Gasteiger partial charge in [0.15, 0.2) is 0 Å². The minimum atomic E-state index is -0.569. The number of nitro groups is 1. The highest BCUT2D eigenvalue weighted by Gasteiger charge is 2.57. The molecule has 0 radical (unpaired) electrons. The number of hydrogen-bond donors (Lipinski definition) is 1. The summed E-state index contributed by atoms with van der Waals surface area (Å²) in [5.41, 5.74) is 0.976. The maximum Gasteiger partial charge on any atom is 0.317 e. The molecule has 32 heavy (non-hydrogen) atoms. The van der Waals surface area contributed by atoms with Crippen molar-refractivity contribution in [1.82, 2.24) is 14.9 Å². The van der Waals surface area contributed by atoms with Crippen LogP contribution in [0, 0.1) is 33.7 Å². The molecule has 3 atom stereocenters. The Labute approximate surface area is 188 Å². The van der Waals surface area contributed by atoms with Crippen LogP contribution in [-0.4, -0.2) is 46.0 Å². The molecular weight excluding hydrogens is 437 g/mol. The van der Waals surface area contributed by atoms with E-state index in [1.54, 1.807) is 6.07 Å². The van der Waals surface area contributed by atoms with Crippen molar-refractivity contribution in [3.63, 3.8) is 0 Å². The smallest absolute Gasteiger partial charge is 0.317 e. The number of fused-ring (bicyclic) bond motifs is 2. The van der Waals surface area contributed by atoms with E-state index in [4.69, 9.17) is 16.3 Å². The summed E-state index contributed by atoms with van der Waals surface area (Å²) in [7, 11) is 2.13. The third kappa shape index (κ3) is 3.82. The predicted octanol–water partition coefficient (Wildman–Crippen LogP) is 4.65. The zero-order valence-corrected chi connectivity index (χ0v) is 18.2. The second-order valence-corrected chi connectivity index (χ2v) is 8.95. The van der Waals surface area contributed by atoms with Gasteiger partial charge in [-0.15, -0.1) is 0 Å². The van der Waals surface area contributed by atoms with Crippen molar-refractivity contribution >= 4 is 39.6 Å². The molecule has 166 valence electrons. The molecule has 1 saturated carbocycles. The normalized spacial score (nSPS) is 23.1. The lowest BCUT2D eigenvalue weighted by Gasteiger charge is -2.18. The highest BCUT2D eigenvalue weighted by atomic mass is 35.5. The summed E-state index contributed by atoms with van der Waals surface area (Å²) in [5, 5.41) is 15.0. The van der Waals surface area contributed by atoms with E-state index in [1.165, 1.54) is 30.5 Å². The molecule has 1 aromatic heterocycles. The number of nitrogens with one attached hydrogen (secondary N) is 1. The Balaban J connectivity index is 1.41. The van der Waals surface area contributed by atoms with Gasteiger partial charge in [-0.25, -0.2) is 9.37 Å². The van der Waals surface area contributed by atoms with Crippen LogP contribution in [0.4, 0.5) is 21.5 Å². The number of hydrogen-bond acceptors (Lipinski definition) is 7. The van der Waals surface area contributed by atoms with Crippen molar-refractivity contribution in [3.05, 3.63) is 57.5 Å². The van der Waals surface area contributed by atoms with Crippen LogP contribution in [0.15, 0.2) is 36.5 Å². The molecule has 1 aliphatic heterocycles. The van der Waals surface area contributed by atoms with E-state index in [-0.39, 0.29) is 28.5 Å². The van der Waals surface area contributed by atoms with Crippen molar-refractivity contribution in [2.24, 2.45) is 17.8 Å². The van der Waals surface area contributed by atoms with Crippen LogP contribution >= 0.6 is 11.6 Å². The van der Waals surface area contributed by atoms with E-state index in [0.29, 0.717) is 34.3 Å². The van der Waals surface area contributed by atoms with Gasteiger partial charge in [-0.1, -0.05) is 11.6 Å². The molecule has 2 aromatic carbocycles. The largest absolute Gasteiger partial charge is 0.460 e. The summed E-state index contributed by atoms with van der Waals surface area (Å²) < 4.78 is 19.5. The Hall–Kier alpha value is -3.04. The van der Waals surface area contributed by atoms with Gasteiger partial charge in [0.25, 0.3) is 5.69 Å². The van der Waals surface area contributed by atoms with Gasteiger partial charge >= 0.3 is 6.01 Å². The Bertz CT molecular complexity index is 1210. The Kier molecular flexibility index (Phi) is 5.10. The van der Waals surface area contributed by atoms with Gasteiger partial charge in [-0.05, 0) is 50.1 Å². The van der Waals surface area contributed by atoms with E-state index in [0.717, 1.165) is 13.1 Å². The second kappa shape index (κ2) is 7.83. The maximum absolute atomic E-state index is 13.5. The molecule has 1 aliphatic carbocycles. The predicted molar refractivity (Wildman–Crippen MR) is 119 cm³/mol. The highest BCUT2D eigenvalue weighted by molar-refractivity contribution is 6.31. The van der Waals surface area contributed by atoms with E-state index in [9.17, 15) is 14.5 Å². The lowest BCUT2D eigenvalue weighted by Crippen LogP contribution is -2.26. The number of ether oxygens (including phenoxy) is 1. The fraction of sp³-hybridized carbons (Fsp3) is 0.364. The van der Waals surface area contributed by atoms with E-state index < -0.39 is 10.7 Å². The lowest BCUT2D eigenvalue weighted by atomic mass is 10.1. The van der Waals surface area contributed by atoms with Crippen LogP contribution < -0.4 is 10.1 Å². The van der Waals surface area contributed by atoms with Crippen LogP contribution in [0.2, 0.25) is 5.02 Å². The fourth-order valence-electron chi connectivity index (χ4n) is 4.81. The summed E-state index contributed by atoms with van der Waals surface area (Å²) in [6.07, 6.45) is 1.52. The van der Waals surface area contributed by atoms with Crippen LogP contribution in [-0.2, 0) is 0 Å². The number of likely N-dealkylation sites (tertiary alicyclic amines) is 1. The number of nitro benzene ring substituents is 1. The number of benzene rings is 2. The summed E-state index contributed by atoms with van der Waals surface area (Å²) in [4.78, 5) is 22.2. The lowest BCUT2D eigenvalue weighted by molar-refractivity contribution is -0.383. The minimum Gasteiger partial charge on any atom is -0.460 e. The number of aromatic nitrogens is 2. The summed E-state index contributed by atoms with van der Waals surface area (Å²) in [6.45, 7) is 4.22. The van der Waals surface area contributed by atoms with Gasteiger partial charge < -0.3 is 15.0 Å². The zero-order valence-electron chi connectivity index (χ0n) is 17.5. The van der Waals surface area contributed by atoms with Crippen molar-refractivity contribution < 1.29 is 14.1 Å². The van der Waals surface area contributed by atoms with Crippen molar-refractivity contribution in [2.75, 3.05) is 25.5 Å². The average Bonchev–Trinajstić information content (AvgIpc) is 3.26. The van der Waals surface area contributed by atoms with Crippen LogP contribution in [0.1, 0.15) is 6.92 Å². The third-order valence-electron chi connectivity index (χ3n) is 6.35. The molecule has 2 fully saturated rings. The first-order chi connectivity index (χ1) is 15.3. The SMILES string of the molecule is C[C@@H](Oc1ncc2cc([N+](=O)[O-])c(Nc3ccc(F)c(Cl)c3)cc2n1)C1C2CN(C)CC21. The van der Waals surface area contributed by atoms with Crippen LogP contribution in [0.5, 0.6) is 6.01 Å². The molecule has 0 bridgehead atoms. The summed E-state index contributed by atoms with van der Waals surface area (Å²) >= 11 is 5.83. The first-order valence-corrected chi connectivity index (χ1v) is 10.7. The molecule has 5 rings (SSSR count). The number of piperidine rings is 1. The molecule has 1 N–H and O–H groups in total. The summed E-state index contributed by atoms with van der Waals surface area (Å²) in [6, 6.07) is 7.22. The first kappa shape index (κ1) is 20.8. The molecule has 0 amide bonds. The molecule has 0 spiro atoms. The molecule has 10 heteroatoms. The monoisotopic (exact) mass is 457 g/mol. The number of nitrogens with zero attached hydrogens (tertiary/aromatic N) is 4. The zero-order chi connectivity index (χ0) is 22.6. The van der Waals surface area contributed by atoms with E-state index in [2.05, 4.69) is 27.2 Å². The number of rotatable bonds is 6. The second-order valence-electron chi connectivity index (χ2n) is 8.54. The fourth-order valence-corrected chi connectivity index (χ4v) is 4.99. The Morgan fingerprint density at radius 3 is 2.75 bits per heavy atom. The average molecular weight is 458 g/mol. The van der Waals surface area contributed by atoms with Gasteiger partial charge in [-0.2, -0.15) is 4.98 Å². The highest BCUT2D eigenvalue weighted by Crippen LogP contribution is 2.53. The molecule has 2 unspecified atom stereocenters. The number of halogens is 2. The van der Waals surface area contributed by atoms with Gasteiger partial charge in [0.05, 0.1) is 15.5 Å². The minimum absolute atomic E-state index is 0.00634. The van der Waals surface area contributed by atoms with Crippen molar-refractivity contribution in [1.29, 1.82) is 0 Å². The van der Waals surface area contributed by atoms with E-state index >= 15 is 0 Å². The van der Waals surface area contributed by atoms with Crippen molar-refractivity contribution in [2.45, 2.75) is 13.0 Å². The first-order valence-electron chi connectivity index (χ1n) is 10.3. The molecule has 1 saturated heterocycles. The van der Waals surface area contributed by atoms with Gasteiger partial charge in [-0.3, -0.25) is 10.1 Å². The van der Waals surface area contributed by atoms with E-state index in [1.807, 2.05) is 6.92 Å². The topological polar surface area (TPSA) is 93.4 Å². The molecular formula is C22H21ClFN5O3. The van der Waals surface area contributed by atoms with Crippen LogP contribution in [0.3, 0.4) is 0 Å². The standard InChI is InChI=1S/C22H21ClFN5O3/c1-11(21-14-9-28(2)10-15(14)21)32-22-25-8-12-5-20(29(30)31)19(7-18(12)27-22)26-13-3-4-17(24)16(23)6-13/h3-8,11,14-15,21,26H,9-10H2,1-2H3/t11-,14?,15?,21?/m1/s1. The van der Waals surface area contributed by atoms with Crippen molar-refractivity contribution in [3.8, 4) is 6.01 Å². The number of anilines is 2. The molecule has 2 aliphatic rings. The third-order valence-corrected chi connectivity index (χ3v) is 6.64. The Morgan fingerprint density at radius 2 is 2.06 bits per heavy atom. The molecule has 2 heterocycles. The molecule has 8 nitrogen and oxygen atoms in total. The van der Waals surface area contributed by atoms with Gasteiger partial charge in [0.2, 0.25) is 0 Å². The van der Waals surface area contributed by atoms with Crippen LogP contribution in [0.25, 0.3) is 10.9 Å².